The zero-order valence-corrected chi connectivity index (χ0v) is 27.9. The monoisotopic (exact) mass is 632 g/mol. The second kappa shape index (κ2) is 16.1. The summed E-state index contributed by atoms with van der Waals surface area (Å²) in [5.74, 6) is -2.49. The van der Waals surface area contributed by atoms with Gasteiger partial charge in [0.2, 0.25) is 5.91 Å². The highest BCUT2D eigenvalue weighted by Crippen LogP contribution is 2.37. The average molecular weight is 633 g/mol. The quantitative estimate of drug-likeness (QED) is 0.203. The van der Waals surface area contributed by atoms with Crippen molar-refractivity contribution in [1.29, 1.82) is 0 Å². The molecule has 2 amide bonds. The number of benzene rings is 3. The van der Waals surface area contributed by atoms with Crippen molar-refractivity contribution >= 4 is 42.4 Å². The molecular weight excluding hydrogens is 588 g/mol. The highest BCUT2D eigenvalue weighted by molar-refractivity contribution is 6.99. The first kappa shape index (κ1) is 35.2. The van der Waals surface area contributed by atoms with Crippen molar-refractivity contribution in [3.8, 4) is 0 Å². The van der Waals surface area contributed by atoms with E-state index in [0.29, 0.717) is 0 Å². The molecule has 3 atom stereocenters. The number of esters is 1. The van der Waals surface area contributed by atoms with Crippen LogP contribution in [0.3, 0.4) is 0 Å². The molecule has 240 valence electrons. The minimum Gasteiger partial charge on any atom is -0.467 e. The van der Waals surface area contributed by atoms with Crippen LogP contribution in [0.25, 0.3) is 0 Å². The van der Waals surface area contributed by atoms with Crippen LogP contribution in [0.2, 0.25) is 5.04 Å². The number of rotatable bonds is 14. The lowest BCUT2D eigenvalue weighted by Crippen LogP contribution is -2.67. The highest BCUT2D eigenvalue weighted by atomic mass is 28.4. The average Bonchev–Trinajstić information content (AvgIpc) is 3.03. The molecule has 3 rings (SSSR count). The maximum atomic E-state index is 13.6. The fourth-order valence-electron chi connectivity index (χ4n) is 5.22. The van der Waals surface area contributed by atoms with Crippen molar-refractivity contribution in [2.45, 2.75) is 64.8 Å². The van der Waals surface area contributed by atoms with Gasteiger partial charge in [0, 0.05) is 13.0 Å². The normalized spacial score (nSPS) is 13.6. The van der Waals surface area contributed by atoms with Gasteiger partial charge in [-0.2, -0.15) is 0 Å². The number of hydrogen-bond donors (Lipinski definition) is 2. The van der Waals surface area contributed by atoms with E-state index >= 15 is 0 Å². The van der Waals surface area contributed by atoms with Crippen molar-refractivity contribution < 1.29 is 33.1 Å². The number of nitrogens with one attached hydrogen (secondary N) is 2. The fourth-order valence-corrected chi connectivity index (χ4v) is 9.83. The third-order valence-corrected chi connectivity index (χ3v) is 12.7. The second-order valence-corrected chi connectivity index (χ2v) is 16.3. The van der Waals surface area contributed by atoms with Crippen LogP contribution in [0.1, 0.15) is 46.6 Å². The summed E-state index contributed by atoms with van der Waals surface area (Å²) in [6.45, 7) is 9.36. The van der Waals surface area contributed by atoms with Crippen molar-refractivity contribution in [3.63, 3.8) is 0 Å². The summed E-state index contributed by atoms with van der Waals surface area (Å²) in [6.07, 6.45) is -0.985. The highest BCUT2D eigenvalue weighted by Gasteiger charge is 2.50. The minimum atomic E-state index is -3.05. The van der Waals surface area contributed by atoms with Crippen LogP contribution in [0.5, 0.6) is 0 Å². The number of Topliss-reactive ketones (excluding diaryl/α,β-unsaturated/α-hetero) is 1. The molecule has 10 heteroatoms. The lowest BCUT2D eigenvalue weighted by Gasteiger charge is -2.43. The molecule has 2 N–H and O–H groups in total. The van der Waals surface area contributed by atoms with E-state index in [-0.39, 0.29) is 30.5 Å². The van der Waals surface area contributed by atoms with Crippen molar-refractivity contribution in [2.75, 3.05) is 13.7 Å². The maximum Gasteiger partial charge on any atom is 0.408 e. The predicted octanol–water partition coefficient (Wildman–Crippen LogP) is 4.13. The van der Waals surface area contributed by atoms with E-state index in [9.17, 15) is 19.2 Å². The Morgan fingerprint density at radius 1 is 0.756 bits per heavy atom. The Hall–Kier alpha value is -4.28. The van der Waals surface area contributed by atoms with Gasteiger partial charge < -0.3 is 24.5 Å². The van der Waals surface area contributed by atoms with E-state index in [1.807, 2.05) is 91.0 Å². The van der Waals surface area contributed by atoms with Crippen LogP contribution in [0.15, 0.2) is 91.0 Å². The lowest BCUT2D eigenvalue weighted by molar-refractivity contribution is -0.145. The zero-order valence-electron chi connectivity index (χ0n) is 26.9. The SMILES string of the molecule is COC(=O)[C@H](C)NC(=O)[C@H](CO[Si](c1ccccc1)(c1ccccc1)C(C)(C)C)CC(=O)[C@H](C)NC(=O)OCc1ccccc1. The third kappa shape index (κ3) is 9.35. The maximum absolute atomic E-state index is 13.6. The molecule has 0 aliphatic heterocycles. The summed E-state index contributed by atoms with van der Waals surface area (Å²) < 4.78 is 17.0. The third-order valence-electron chi connectivity index (χ3n) is 7.68. The van der Waals surface area contributed by atoms with Gasteiger partial charge in [0.15, 0.2) is 5.78 Å². The molecule has 0 fully saturated rings. The number of carbonyl (C=O) groups is 4. The molecule has 0 saturated heterocycles. The number of ether oxygens (including phenoxy) is 2. The molecule has 0 heterocycles. The summed E-state index contributed by atoms with van der Waals surface area (Å²) in [6, 6.07) is 27.2. The van der Waals surface area contributed by atoms with Gasteiger partial charge in [-0.15, -0.1) is 0 Å². The van der Waals surface area contributed by atoms with Crippen LogP contribution in [0.4, 0.5) is 4.79 Å². The van der Waals surface area contributed by atoms with Crippen molar-refractivity contribution in [3.05, 3.63) is 96.6 Å². The molecule has 0 aliphatic carbocycles. The second-order valence-electron chi connectivity index (χ2n) is 12.0. The van der Waals surface area contributed by atoms with Crippen LogP contribution >= 0.6 is 0 Å². The zero-order chi connectivity index (χ0) is 33.0. The number of hydrogen-bond acceptors (Lipinski definition) is 7. The van der Waals surface area contributed by atoms with Gasteiger partial charge in [-0.25, -0.2) is 9.59 Å². The molecule has 0 aromatic heterocycles. The van der Waals surface area contributed by atoms with E-state index in [0.717, 1.165) is 15.9 Å². The van der Waals surface area contributed by atoms with Gasteiger partial charge in [0.25, 0.3) is 8.32 Å². The van der Waals surface area contributed by atoms with E-state index < -0.39 is 44.3 Å². The van der Waals surface area contributed by atoms with E-state index in [4.69, 9.17) is 13.9 Å². The topological polar surface area (TPSA) is 120 Å². The van der Waals surface area contributed by atoms with Gasteiger partial charge in [-0.05, 0) is 34.8 Å². The number of amides is 2. The van der Waals surface area contributed by atoms with Gasteiger partial charge in [0.1, 0.15) is 12.6 Å². The smallest absolute Gasteiger partial charge is 0.408 e. The fraction of sp³-hybridized carbons (Fsp3) is 0.371. The summed E-state index contributed by atoms with van der Waals surface area (Å²) in [7, 11) is -1.81. The minimum absolute atomic E-state index is 0.0519. The Morgan fingerprint density at radius 3 is 1.76 bits per heavy atom. The van der Waals surface area contributed by atoms with Crippen molar-refractivity contribution in [1.82, 2.24) is 10.6 Å². The lowest BCUT2D eigenvalue weighted by atomic mass is 9.98. The predicted molar refractivity (Wildman–Crippen MR) is 176 cm³/mol. The number of carbonyl (C=O) groups excluding carboxylic acids is 4. The van der Waals surface area contributed by atoms with Crippen LogP contribution in [-0.2, 0) is 34.9 Å². The molecule has 0 unspecified atom stereocenters. The van der Waals surface area contributed by atoms with Crippen LogP contribution in [0, 0.1) is 5.92 Å². The Kier molecular flexibility index (Phi) is 12.6. The molecule has 3 aromatic carbocycles. The molecule has 0 spiro atoms. The molecular formula is C35H44N2O7Si. The first-order valence-electron chi connectivity index (χ1n) is 15.0. The summed E-state index contributed by atoms with van der Waals surface area (Å²) in [5, 5.41) is 6.91. The van der Waals surface area contributed by atoms with E-state index in [1.165, 1.54) is 14.0 Å². The Labute approximate surface area is 266 Å². The summed E-state index contributed by atoms with van der Waals surface area (Å²) in [5.41, 5.74) is 0.809. The van der Waals surface area contributed by atoms with Crippen LogP contribution in [-0.4, -0.2) is 57.9 Å². The van der Waals surface area contributed by atoms with E-state index in [2.05, 4.69) is 31.4 Å². The van der Waals surface area contributed by atoms with Gasteiger partial charge in [-0.1, -0.05) is 112 Å². The Bertz CT molecular complexity index is 1370. The molecule has 9 nitrogen and oxygen atoms in total. The molecule has 0 bridgehead atoms. The number of ketones is 1. The molecule has 3 aromatic rings. The van der Waals surface area contributed by atoms with Gasteiger partial charge >= 0.3 is 12.1 Å². The van der Waals surface area contributed by atoms with Crippen molar-refractivity contribution in [2.24, 2.45) is 5.92 Å². The number of methoxy groups -OCH3 is 1. The van der Waals surface area contributed by atoms with Gasteiger partial charge in [0.05, 0.1) is 19.1 Å². The first-order valence-corrected chi connectivity index (χ1v) is 16.9. The Balaban J connectivity index is 1.86. The van der Waals surface area contributed by atoms with Crippen LogP contribution < -0.4 is 21.0 Å². The first-order chi connectivity index (χ1) is 21.4. The molecule has 0 aliphatic rings. The Morgan fingerprint density at radius 2 is 1.27 bits per heavy atom. The van der Waals surface area contributed by atoms with Gasteiger partial charge in [-0.3, -0.25) is 9.59 Å². The summed E-state index contributed by atoms with van der Waals surface area (Å²) >= 11 is 0. The molecule has 0 saturated carbocycles. The molecule has 45 heavy (non-hydrogen) atoms. The molecule has 0 radical (unpaired) electrons. The summed E-state index contributed by atoms with van der Waals surface area (Å²) in [4.78, 5) is 51.6. The number of alkyl carbamates (subject to hydrolysis) is 1. The largest absolute Gasteiger partial charge is 0.467 e. The standard InChI is InChI=1S/C35H44N2O7Si/c1-25(37-34(41)43-23-27-16-10-7-11-17-27)31(38)22-28(32(39)36-26(2)33(40)42-6)24-44-45(35(3,4)5,29-18-12-8-13-19-29)30-20-14-9-15-21-30/h7-21,25-26,28H,22-24H2,1-6H3,(H,36,39)(H,37,41)/t25-,26-,28-/m0/s1. The van der Waals surface area contributed by atoms with E-state index in [1.54, 1.807) is 6.92 Å².